The lowest BCUT2D eigenvalue weighted by molar-refractivity contribution is -0.143. The van der Waals surface area contributed by atoms with E-state index in [2.05, 4.69) is 5.32 Å². The number of aliphatic carboxylic acids is 1. The molecular weight excluding hydrogens is 200 g/mol. The van der Waals surface area contributed by atoms with Gasteiger partial charge in [0.1, 0.15) is 0 Å². The Labute approximate surface area is 87.8 Å². The Morgan fingerprint density at radius 2 is 1.93 bits per heavy atom. The molecule has 6 nitrogen and oxygen atoms in total. The lowest BCUT2D eigenvalue weighted by Crippen LogP contribution is -2.45. The SMILES string of the molecule is CC(=O)C(CN)NC(=O)CC(C)C(=O)O. The molecule has 0 aromatic heterocycles. The van der Waals surface area contributed by atoms with Crippen molar-refractivity contribution in [2.24, 2.45) is 11.7 Å². The van der Waals surface area contributed by atoms with Gasteiger partial charge in [-0.25, -0.2) is 0 Å². The Balaban J connectivity index is 4.13. The summed E-state index contributed by atoms with van der Waals surface area (Å²) in [6, 6.07) is -0.724. The van der Waals surface area contributed by atoms with Gasteiger partial charge in [-0.1, -0.05) is 6.92 Å². The van der Waals surface area contributed by atoms with Crippen LogP contribution in [0.5, 0.6) is 0 Å². The minimum atomic E-state index is -1.04. The van der Waals surface area contributed by atoms with Crippen LogP contribution in [0.4, 0.5) is 0 Å². The summed E-state index contributed by atoms with van der Waals surface area (Å²) in [4.78, 5) is 32.6. The molecule has 0 aromatic rings. The van der Waals surface area contributed by atoms with E-state index in [0.717, 1.165) is 0 Å². The van der Waals surface area contributed by atoms with Crippen molar-refractivity contribution in [3.8, 4) is 0 Å². The summed E-state index contributed by atoms with van der Waals surface area (Å²) in [5, 5.41) is 10.9. The molecule has 15 heavy (non-hydrogen) atoms. The summed E-state index contributed by atoms with van der Waals surface area (Å²) < 4.78 is 0. The number of nitrogens with two attached hydrogens (primary N) is 1. The number of hydrogen-bond donors (Lipinski definition) is 3. The third-order valence-corrected chi connectivity index (χ3v) is 1.97. The molecule has 0 aliphatic rings. The smallest absolute Gasteiger partial charge is 0.306 e. The molecule has 2 atom stereocenters. The second-order valence-electron chi connectivity index (χ2n) is 3.41. The molecule has 86 valence electrons. The highest BCUT2D eigenvalue weighted by molar-refractivity contribution is 5.89. The Morgan fingerprint density at radius 1 is 1.40 bits per heavy atom. The normalized spacial score (nSPS) is 14.1. The first-order valence-corrected chi connectivity index (χ1v) is 4.61. The summed E-state index contributed by atoms with van der Waals surface area (Å²) in [6.45, 7) is 2.76. The number of Topliss-reactive ketones (excluding diaryl/α,β-unsaturated/α-hetero) is 1. The fourth-order valence-electron chi connectivity index (χ4n) is 0.945. The van der Waals surface area contributed by atoms with Gasteiger partial charge >= 0.3 is 5.97 Å². The second-order valence-corrected chi connectivity index (χ2v) is 3.41. The van der Waals surface area contributed by atoms with Gasteiger partial charge in [0.15, 0.2) is 5.78 Å². The maximum absolute atomic E-state index is 11.2. The third kappa shape index (κ3) is 5.11. The van der Waals surface area contributed by atoms with E-state index in [-0.39, 0.29) is 18.7 Å². The van der Waals surface area contributed by atoms with Gasteiger partial charge in [0.25, 0.3) is 0 Å². The Bertz CT molecular complexity index is 265. The van der Waals surface area contributed by atoms with E-state index in [1.54, 1.807) is 0 Å². The van der Waals surface area contributed by atoms with E-state index in [1.165, 1.54) is 13.8 Å². The number of carboxylic acid groups (broad SMARTS) is 1. The molecule has 0 aliphatic carbocycles. The van der Waals surface area contributed by atoms with E-state index in [1.807, 2.05) is 0 Å². The zero-order valence-corrected chi connectivity index (χ0v) is 8.82. The molecule has 0 heterocycles. The van der Waals surface area contributed by atoms with Crippen molar-refractivity contribution in [2.75, 3.05) is 6.54 Å². The molecule has 6 heteroatoms. The third-order valence-electron chi connectivity index (χ3n) is 1.97. The van der Waals surface area contributed by atoms with E-state index >= 15 is 0 Å². The molecule has 0 fully saturated rings. The van der Waals surface area contributed by atoms with Crippen LogP contribution in [0.2, 0.25) is 0 Å². The molecule has 0 bridgehead atoms. The van der Waals surface area contributed by atoms with Crippen molar-refractivity contribution in [1.82, 2.24) is 5.32 Å². The minimum Gasteiger partial charge on any atom is -0.481 e. The van der Waals surface area contributed by atoms with Crippen molar-refractivity contribution in [3.05, 3.63) is 0 Å². The van der Waals surface area contributed by atoms with E-state index < -0.39 is 23.8 Å². The van der Waals surface area contributed by atoms with Crippen molar-refractivity contribution in [1.29, 1.82) is 0 Å². The average molecular weight is 216 g/mol. The van der Waals surface area contributed by atoms with Crippen LogP contribution in [0, 0.1) is 5.92 Å². The standard InChI is InChI=1S/C9H16N2O4/c1-5(9(14)15)3-8(13)11-7(4-10)6(2)12/h5,7H,3-4,10H2,1-2H3,(H,11,13)(H,14,15). The van der Waals surface area contributed by atoms with Crippen molar-refractivity contribution < 1.29 is 19.5 Å². The van der Waals surface area contributed by atoms with Crippen molar-refractivity contribution >= 4 is 17.7 Å². The number of amides is 1. The second kappa shape index (κ2) is 6.13. The van der Waals surface area contributed by atoms with E-state index in [4.69, 9.17) is 10.8 Å². The average Bonchev–Trinajstić information content (AvgIpc) is 2.13. The lowest BCUT2D eigenvalue weighted by Gasteiger charge is -2.14. The quantitative estimate of drug-likeness (QED) is 0.534. The summed E-state index contributed by atoms with van der Waals surface area (Å²) in [7, 11) is 0. The summed E-state index contributed by atoms with van der Waals surface area (Å²) in [6.07, 6.45) is -0.154. The molecule has 0 saturated heterocycles. The van der Waals surface area contributed by atoms with Crippen molar-refractivity contribution in [3.63, 3.8) is 0 Å². The lowest BCUT2D eigenvalue weighted by atomic mass is 10.1. The molecule has 2 unspecified atom stereocenters. The first-order valence-electron chi connectivity index (χ1n) is 4.61. The molecule has 0 spiro atoms. The summed E-state index contributed by atoms with van der Waals surface area (Å²) in [5.74, 6) is -2.53. The first kappa shape index (κ1) is 13.6. The van der Waals surface area contributed by atoms with E-state index in [9.17, 15) is 14.4 Å². The summed E-state index contributed by atoms with van der Waals surface area (Å²) >= 11 is 0. The van der Waals surface area contributed by atoms with Crippen LogP contribution in [0.25, 0.3) is 0 Å². The van der Waals surface area contributed by atoms with Crippen LogP contribution in [-0.4, -0.2) is 35.4 Å². The fourth-order valence-corrected chi connectivity index (χ4v) is 0.945. The largest absolute Gasteiger partial charge is 0.481 e. The predicted octanol–water partition coefficient (Wildman–Crippen LogP) is -0.870. The number of carbonyl (C=O) groups excluding carboxylic acids is 2. The molecule has 0 rings (SSSR count). The topological polar surface area (TPSA) is 109 Å². The first-order chi connectivity index (χ1) is 6.88. The zero-order valence-electron chi connectivity index (χ0n) is 8.82. The Kier molecular flexibility index (Phi) is 5.54. The predicted molar refractivity (Wildman–Crippen MR) is 53.1 cm³/mol. The minimum absolute atomic E-state index is 0.0164. The maximum atomic E-state index is 11.2. The Hall–Kier alpha value is -1.43. The fraction of sp³-hybridized carbons (Fsp3) is 0.667. The number of carboxylic acids is 1. The number of ketones is 1. The van der Waals surface area contributed by atoms with E-state index in [0.29, 0.717) is 0 Å². The van der Waals surface area contributed by atoms with Crippen LogP contribution < -0.4 is 11.1 Å². The van der Waals surface area contributed by atoms with Gasteiger partial charge in [-0.05, 0) is 6.92 Å². The molecule has 0 aromatic carbocycles. The van der Waals surface area contributed by atoms with Gasteiger partial charge in [-0.3, -0.25) is 14.4 Å². The zero-order chi connectivity index (χ0) is 12.0. The highest BCUT2D eigenvalue weighted by Crippen LogP contribution is 2.01. The van der Waals surface area contributed by atoms with Crippen molar-refractivity contribution in [2.45, 2.75) is 26.3 Å². The molecule has 0 saturated carbocycles. The number of carbonyl (C=O) groups is 3. The van der Waals surface area contributed by atoms with Gasteiger partial charge in [0.05, 0.1) is 12.0 Å². The molecular formula is C9H16N2O4. The van der Waals surface area contributed by atoms with Crippen LogP contribution in [0.15, 0.2) is 0 Å². The monoisotopic (exact) mass is 216 g/mol. The molecule has 4 N–H and O–H groups in total. The maximum Gasteiger partial charge on any atom is 0.306 e. The number of rotatable bonds is 6. The molecule has 1 amide bonds. The molecule has 0 radical (unpaired) electrons. The van der Waals surface area contributed by atoms with Gasteiger partial charge in [0, 0.05) is 13.0 Å². The van der Waals surface area contributed by atoms with Crippen LogP contribution in [0.1, 0.15) is 20.3 Å². The Morgan fingerprint density at radius 3 is 2.27 bits per heavy atom. The molecule has 0 aliphatic heterocycles. The van der Waals surface area contributed by atoms with Gasteiger partial charge in [-0.2, -0.15) is 0 Å². The highest BCUT2D eigenvalue weighted by atomic mass is 16.4. The van der Waals surface area contributed by atoms with Crippen LogP contribution in [-0.2, 0) is 14.4 Å². The number of nitrogens with one attached hydrogen (secondary N) is 1. The highest BCUT2D eigenvalue weighted by Gasteiger charge is 2.19. The number of hydrogen-bond acceptors (Lipinski definition) is 4. The van der Waals surface area contributed by atoms with Crippen LogP contribution in [0.3, 0.4) is 0 Å². The van der Waals surface area contributed by atoms with Gasteiger partial charge < -0.3 is 16.2 Å². The van der Waals surface area contributed by atoms with Gasteiger partial charge in [-0.15, -0.1) is 0 Å². The summed E-state index contributed by atoms with van der Waals surface area (Å²) in [5.41, 5.74) is 5.26. The van der Waals surface area contributed by atoms with Gasteiger partial charge in [0.2, 0.25) is 5.91 Å². The van der Waals surface area contributed by atoms with Crippen LogP contribution >= 0.6 is 0 Å².